The van der Waals surface area contributed by atoms with Crippen LogP contribution in [0.25, 0.3) is 0 Å². The summed E-state index contributed by atoms with van der Waals surface area (Å²) in [7, 11) is 2.15. The summed E-state index contributed by atoms with van der Waals surface area (Å²) in [5, 5.41) is 12.2. The van der Waals surface area contributed by atoms with Crippen molar-refractivity contribution in [3.8, 4) is 0 Å². The van der Waals surface area contributed by atoms with Gasteiger partial charge < -0.3 is 9.80 Å². The molecule has 4 rings (SSSR count). The van der Waals surface area contributed by atoms with Gasteiger partial charge in [-0.1, -0.05) is 11.6 Å². The molecule has 0 aliphatic carbocycles. The van der Waals surface area contributed by atoms with Crippen LogP contribution in [-0.4, -0.2) is 73.9 Å². The lowest BCUT2D eigenvalue weighted by Crippen LogP contribution is -2.46. The van der Waals surface area contributed by atoms with E-state index in [9.17, 15) is 4.79 Å². The fraction of sp³-hybridized carbons (Fsp3) is 0.667. The van der Waals surface area contributed by atoms with Crippen molar-refractivity contribution in [3.05, 3.63) is 28.6 Å². The van der Waals surface area contributed by atoms with Crippen LogP contribution >= 0.6 is 11.6 Å². The Labute approximate surface area is 163 Å². The molecule has 9 heteroatoms. The molecular weight excluding hydrogens is 366 g/mol. The number of likely N-dealkylation sites (N-methyl/N-ethyl adjacent to an activating group) is 1. The normalized spacial score (nSPS) is 22.7. The third-order valence-electron chi connectivity index (χ3n) is 6.03. The van der Waals surface area contributed by atoms with Crippen LogP contribution in [0.15, 0.2) is 6.20 Å². The smallest absolute Gasteiger partial charge is 0.275 e. The van der Waals surface area contributed by atoms with Gasteiger partial charge in [0.25, 0.3) is 5.91 Å². The fourth-order valence-electron chi connectivity index (χ4n) is 4.60. The second-order valence-electron chi connectivity index (χ2n) is 7.86. The van der Waals surface area contributed by atoms with Gasteiger partial charge in [0.15, 0.2) is 11.5 Å². The molecule has 1 N–H and O–H groups in total. The zero-order valence-electron chi connectivity index (χ0n) is 16.1. The molecule has 4 heterocycles. The highest BCUT2D eigenvalue weighted by Gasteiger charge is 2.49. The van der Waals surface area contributed by atoms with Crippen molar-refractivity contribution in [2.45, 2.75) is 39.2 Å². The van der Waals surface area contributed by atoms with Gasteiger partial charge in [-0.2, -0.15) is 10.2 Å². The molecule has 1 unspecified atom stereocenters. The third kappa shape index (κ3) is 3.25. The van der Waals surface area contributed by atoms with Crippen molar-refractivity contribution < 1.29 is 4.79 Å². The topological polar surface area (TPSA) is 82.9 Å². The quantitative estimate of drug-likeness (QED) is 0.864. The Hall–Kier alpha value is -1.93. The zero-order valence-corrected chi connectivity index (χ0v) is 16.8. The van der Waals surface area contributed by atoms with Gasteiger partial charge in [0.1, 0.15) is 5.82 Å². The number of carbonyl (C=O) groups excluding carboxylic acids is 1. The van der Waals surface area contributed by atoms with Gasteiger partial charge in [0.05, 0.1) is 5.02 Å². The average Bonchev–Trinajstić information content (AvgIpc) is 3.32. The Morgan fingerprint density at radius 1 is 1.41 bits per heavy atom. The number of H-pyrrole nitrogens is 1. The van der Waals surface area contributed by atoms with E-state index in [1.165, 1.54) is 0 Å². The summed E-state index contributed by atoms with van der Waals surface area (Å²) in [5.41, 5.74) is 0.478. The lowest BCUT2D eigenvalue weighted by molar-refractivity contribution is 0.0556. The molecule has 146 valence electrons. The third-order valence-corrected chi connectivity index (χ3v) is 6.31. The maximum Gasteiger partial charge on any atom is 0.275 e. The van der Waals surface area contributed by atoms with Gasteiger partial charge >= 0.3 is 0 Å². The molecule has 2 aliphatic heterocycles. The average molecular weight is 392 g/mol. The van der Waals surface area contributed by atoms with Gasteiger partial charge in [-0.15, -0.1) is 0 Å². The van der Waals surface area contributed by atoms with E-state index in [1.807, 2.05) is 18.7 Å². The molecule has 2 fully saturated rings. The highest BCUT2D eigenvalue weighted by atomic mass is 35.5. The van der Waals surface area contributed by atoms with Gasteiger partial charge in [0, 0.05) is 44.8 Å². The fourth-order valence-corrected chi connectivity index (χ4v) is 4.84. The van der Waals surface area contributed by atoms with Gasteiger partial charge in [-0.05, 0) is 39.2 Å². The minimum Gasteiger partial charge on any atom is -0.337 e. The molecule has 1 amide bonds. The number of hydrogen-bond donors (Lipinski definition) is 1. The number of piperidine rings is 1. The maximum atomic E-state index is 12.9. The summed E-state index contributed by atoms with van der Waals surface area (Å²) in [5.74, 6) is 1.98. The first kappa shape index (κ1) is 18.4. The van der Waals surface area contributed by atoms with Gasteiger partial charge in [0.2, 0.25) is 0 Å². The van der Waals surface area contributed by atoms with Gasteiger partial charge in [-0.25, -0.2) is 4.98 Å². The molecule has 0 bridgehead atoms. The van der Waals surface area contributed by atoms with Gasteiger partial charge in [-0.3, -0.25) is 14.6 Å². The summed E-state index contributed by atoms with van der Waals surface area (Å²) >= 11 is 6.23. The van der Waals surface area contributed by atoms with Crippen LogP contribution in [0.2, 0.25) is 5.02 Å². The zero-order chi connectivity index (χ0) is 19.2. The highest BCUT2D eigenvalue weighted by molar-refractivity contribution is 6.33. The Bertz CT molecular complexity index is 837. The second-order valence-corrected chi connectivity index (χ2v) is 8.27. The predicted molar refractivity (Wildman–Crippen MR) is 102 cm³/mol. The molecule has 2 saturated heterocycles. The molecule has 8 nitrogen and oxygen atoms in total. The van der Waals surface area contributed by atoms with E-state index < -0.39 is 0 Å². The molecule has 0 radical (unpaired) electrons. The lowest BCUT2D eigenvalue weighted by atomic mass is 9.70. The maximum absolute atomic E-state index is 12.9. The molecule has 1 atom stereocenters. The van der Waals surface area contributed by atoms with E-state index in [1.54, 1.807) is 10.9 Å². The molecule has 2 aliphatic rings. The van der Waals surface area contributed by atoms with Crippen LogP contribution < -0.4 is 0 Å². The number of nitrogens with zero attached hydrogens (tertiary/aromatic N) is 6. The minimum atomic E-state index is -0.0707. The molecule has 2 aromatic rings. The molecule has 27 heavy (non-hydrogen) atoms. The largest absolute Gasteiger partial charge is 0.337 e. The van der Waals surface area contributed by atoms with Crippen molar-refractivity contribution in [1.29, 1.82) is 0 Å². The Kier molecular flexibility index (Phi) is 4.71. The predicted octanol–water partition coefficient (Wildman–Crippen LogP) is 1.93. The SMILES string of the molecule is CCn1cc(Cl)c(C(=O)N2CCC3(CC2)CN(C)CC3c2n[nH]c(C)n2)n1. The highest BCUT2D eigenvalue weighted by Crippen LogP contribution is 2.48. The number of carbonyl (C=O) groups is 1. The van der Waals surface area contributed by atoms with Crippen LogP contribution in [0.4, 0.5) is 0 Å². The summed E-state index contributed by atoms with van der Waals surface area (Å²) in [6, 6.07) is 0. The van der Waals surface area contributed by atoms with E-state index in [2.05, 4.69) is 32.2 Å². The van der Waals surface area contributed by atoms with Crippen LogP contribution in [0.5, 0.6) is 0 Å². The summed E-state index contributed by atoms with van der Waals surface area (Å²) in [4.78, 5) is 21.7. The Morgan fingerprint density at radius 2 is 2.15 bits per heavy atom. The van der Waals surface area contributed by atoms with Crippen molar-refractivity contribution >= 4 is 17.5 Å². The number of likely N-dealkylation sites (tertiary alicyclic amines) is 2. The van der Waals surface area contributed by atoms with Crippen LogP contribution in [0.1, 0.15) is 47.8 Å². The van der Waals surface area contributed by atoms with E-state index >= 15 is 0 Å². The molecule has 0 saturated carbocycles. The van der Waals surface area contributed by atoms with E-state index in [0.29, 0.717) is 36.3 Å². The molecule has 2 aromatic heterocycles. The Morgan fingerprint density at radius 3 is 2.74 bits per heavy atom. The summed E-state index contributed by atoms with van der Waals surface area (Å²) < 4.78 is 1.70. The summed E-state index contributed by atoms with van der Waals surface area (Å²) in [6.45, 7) is 7.99. The minimum absolute atomic E-state index is 0.0707. The van der Waals surface area contributed by atoms with Crippen molar-refractivity contribution in [3.63, 3.8) is 0 Å². The van der Waals surface area contributed by atoms with Crippen LogP contribution in [0, 0.1) is 12.3 Å². The first-order valence-corrected chi connectivity index (χ1v) is 9.89. The monoisotopic (exact) mass is 391 g/mol. The number of aryl methyl sites for hydroxylation is 2. The number of hydrogen-bond acceptors (Lipinski definition) is 5. The van der Waals surface area contributed by atoms with E-state index in [-0.39, 0.29) is 11.3 Å². The number of halogens is 1. The number of aromatic amines is 1. The summed E-state index contributed by atoms with van der Waals surface area (Å²) in [6.07, 6.45) is 3.59. The van der Waals surface area contributed by atoms with Crippen LogP contribution in [0.3, 0.4) is 0 Å². The lowest BCUT2D eigenvalue weighted by Gasteiger charge is -2.41. The molecular formula is C18H26ClN7O. The van der Waals surface area contributed by atoms with E-state index in [4.69, 9.17) is 11.6 Å². The number of aromatic nitrogens is 5. The van der Waals surface area contributed by atoms with E-state index in [0.717, 1.165) is 37.6 Å². The van der Waals surface area contributed by atoms with Crippen LogP contribution in [-0.2, 0) is 6.54 Å². The standard InChI is InChI=1S/C18H26ClN7O/c1-4-26-10-14(19)15(23-26)17(27)25-7-5-18(6-8-25)11-24(3)9-13(18)16-20-12(2)21-22-16/h10,13H,4-9,11H2,1-3H3,(H,20,21,22). The van der Waals surface area contributed by atoms with Crippen molar-refractivity contribution in [1.82, 2.24) is 34.8 Å². The molecule has 1 spiro atoms. The van der Waals surface area contributed by atoms with Crippen molar-refractivity contribution in [2.75, 3.05) is 33.2 Å². The number of amides is 1. The first-order valence-electron chi connectivity index (χ1n) is 9.51. The van der Waals surface area contributed by atoms with Crippen molar-refractivity contribution in [2.24, 2.45) is 5.41 Å². The molecule has 0 aromatic carbocycles. The Balaban J connectivity index is 1.50. The second kappa shape index (κ2) is 6.91. The number of nitrogens with one attached hydrogen (secondary N) is 1. The number of rotatable bonds is 3. The first-order chi connectivity index (χ1) is 12.9.